The van der Waals surface area contributed by atoms with Crippen LogP contribution in [-0.2, 0) is 12.8 Å². The lowest BCUT2D eigenvalue weighted by atomic mass is 9.99. The van der Waals surface area contributed by atoms with E-state index < -0.39 is 0 Å². The highest BCUT2D eigenvalue weighted by atomic mass is 16.1. The molecule has 1 aliphatic rings. The first-order valence-electron chi connectivity index (χ1n) is 7.54. The van der Waals surface area contributed by atoms with Crippen molar-refractivity contribution in [2.75, 3.05) is 17.2 Å². The van der Waals surface area contributed by atoms with Crippen LogP contribution < -0.4 is 10.6 Å². The normalized spacial score (nSPS) is 13.2. The van der Waals surface area contributed by atoms with Gasteiger partial charge in [0, 0.05) is 12.2 Å². The van der Waals surface area contributed by atoms with Crippen LogP contribution in [0.25, 0.3) is 0 Å². The van der Waals surface area contributed by atoms with E-state index in [0.29, 0.717) is 0 Å². The van der Waals surface area contributed by atoms with E-state index >= 15 is 0 Å². The summed E-state index contributed by atoms with van der Waals surface area (Å²) in [5, 5.41) is 6.34. The van der Waals surface area contributed by atoms with Gasteiger partial charge in [0.1, 0.15) is 0 Å². The summed E-state index contributed by atoms with van der Waals surface area (Å²) in [6.45, 7) is 3.05. The number of nitrogens with one attached hydrogen (secondary N) is 2. The lowest BCUT2D eigenvalue weighted by Crippen LogP contribution is -2.19. The Morgan fingerprint density at radius 2 is 2.00 bits per heavy atom. The summed E-state index contributed by atoms with van der Waals surface area (Å²) in [6.07, 6.45) is 3.16. The van der Waals surface area contributed by atoms with Crippen LogP contribution in [0.5, 0.6) is 0 Å². The first-order chi connectivity index (χ1) is 10.3. The minimum Gasteiger partial charge on any atom is -0.384 e. The molecule has 0 unspecified atom stereocenters. The van der Waals surface area contributed by atoms with Gasteiger partial charge in [0.15, 0.2) is 0 Å². The van der Waals surface area contributed by atoms with Gasteiger partial charge < -0.3 is 10.6 Å². The minimum absolute atomic E-state index is 0.0505. The fourth-order valence-corrected chi connectivity index (χ4v) is 2.72. The van der Waals surface area contributed by atoms with Crippen molar-refractivity contribution in [2.45, 2.75) is 26.2 Å². The summed E-state index contributed by atoms with van der Waals surface area (Å²) in [7, 11) is 0. The van der Waals surface area contributed by atoms with Crippen LogP contribution in [0.15, 0.2) is 42.5 Å². The predicted molar refractivity (Wildman–Crippen MR) is 87.0 cm³/mol. The Morgan fingerprint density at radius 1 is 1.19 bits per heavy atom. The van der Waals surface area contributed by atoms with Crippen LogP contribution in [-0.4, -0.2) is 12.5 Å². The summed E-state index contributed by atoms with van der Waals surface area (Å²) in [5.41, 5.74) is 5.06. The molecule has 3 heteroatoms. The van der Waals surface area contributed by atoms with Crippen LogP contribution in [0.4, 0.5) is 11.4 Å². The highest BCUT2D eigenvalue weighted by Gasteiger charge is 2.17. The van der Waals surface area contributed by atoms with Crippen molar-refractivity contribution < 1.29 is 4.79 Å². The van der Waals surface area contributed by atoms with Gasteiger partial charge in [-0.15, -0.1) is 0 Å². The molecule has 1 amide bonds. The topological polar surface area (TPSA) is 41.1 Å². The molecule has 3 rings (SSSR count). The average Bonchev–Trinajstić information content (AvgIpc) is 2.55. The highest BCUT2D eigenvalue weighted by molar-refractivity contribution is 6.08. The smallest absolute Gasteiger partial charge is 0.257 e. The number of hydrogen-bond acceptors (Lipinski definition) is 2. The van der Waals surface area contributed by atoms with E-state index in [4.69, 9.17) is 0 Å². The summed E-state index contributed by atoms with van der Waals surface area (Å²) < 4.78 is 0. The summed E-state index contributed by atoms with van der Waals surface area (Å²) in [6, 6.07) is 13.9. The van der Waals surface area contributed by atoms with Gasteiger partial charge in [-0.1, -0.05) is 31.2 Å². The molecule has 1 aliphatic heterocycles. The van der Waals surface area contributed by atoms with E-state index in [1.54, 1.807) is 0 Å². The SMILES string of the molecule is CCc1ccc(NC(=O)c2cccc3c2NCCC3)cc1. The number of aryl methyl sites for hydroxylation is 2. The molecule has 0 saturated carbocycles. The van der Waals surface area contributed by atoms with Crippen LogP contribution in [0, 0.1) is 0 Å². The molecule has 0 atom stereocenters. The Kier molecular flexibility index (Phi) is 3.91. The summed E-state index contributed by atoms with van der Waals surface area (Å²) >= 11 is 0. The molecule has 2 aromatic carbocycles. The second-order valence-corrected chi connectivity index (χ2v) is 5.37. The van der Waals surface area contributed by atoms with E-state index in [-0.39, 0.29) is 5.91 Å². The molecule has 0 aromatic heterocycles. The molecule has 0 fully saturated rings. The van der Waals surface area contributed by atoms with Crippen LogP contribution in [0.2, 0.25) is 0 Å². The van der Waals surface area contributed by atoms with Gasteiger partial charge in [-0.25, -0.2) is 0 Å². The van der Waals surface area contributed by atoms with Gasteiger partial charge in [0.2, 0.25) is 0 Å². The Hall–Kier alpha value is -2.29. The first-order valence-corrected chi connectivity index (χ1v) is 7.54. The molecule has 0 bridgehead atoms. The van der Waals surface area contributed by atoms with Crippen molar-refractivity contribution in [1.82, 2.24) is 0 Å². The van der Waals surface area contributed by atoms with Crippen LogP contribution >= 0.6 is 0 Å². The van der Waals surface area contributed by atoms with E-state index in [0.717, 1.165) is 42.7 Å². The molecule has 0 radical (unpaired) electrons. The third-order valence-electron chi connectivity index (χ3n) is 3.94. The highest BCUT2D eigenvalue weighted by Crippen LogP contribution is 2.26. The van der Waals surface area contributed by atoms with Gasteiger partial charge in [0.25, 0.3) is 5.91 Å². The second-order valence-electron chi connectivity index (χ2n) is 5.37. The maximum Gasteiger partial charge on any atom is 0.257 e. The predicted octanol–water partition coefficient (Wildman–Crippen LogP) is 3.86. The zero-order valence-electron chi connectivity index (χ0n) is 12.3. The molecule has 0 saturated heterocycles. The van der Waals surface area contributed by atoms with Gasteiger partial charge in [-0.05, 0) is 48.6 Å². The minimum atomic E-state index is -0.0505. The third-order valence-corrected chi connectivity index (χ3v) is 3.94. The van der Waals surface area contributed by atoms with Crippen molar-refractivity contribution in [3.05, 3.63) is 59.2 Å². The number of para-hydroxylation sites is 1. The number of hydrogen-bond donors (Lipinski definition) is 2. The number of benzene rings is 2. The third kappa shape index (κ3) is 2.92. The number of carbonyl (C=O) groups is 1. The number of rotatable bonds is 3. The van der Waals surface area contributed by atoms with Gasteiger partial charge in [-0.2, -0.15) is 0 Å². The molecule has 108 valence electrons. The summed E-state index contributed by atoms with van der Waals surface area (Å²) in [4.78, 5) is 12.5. The Labute approximate surface area is 125 Å². The zero-order valence-corrected chi connectivity index (χ0v) is 12.3. The lowest BCUT2D eigenvalue weighted by molar-refractivity contribution is 0.102. The quantitative estimate of drug-likeness (QED) is 0.896. The number of anilines is 2. The van der Waals surface area contributed by atoms with Gasteiger partial charge in [0.05, 0.1) is 11.3 Å². The molecule has 21 heavy (non-hydrogen) atoms. The first kappa shape index (κ1) is 13.7. The fraction of sp³-hybridized carbons (Fsp3) is 0.278. The van der Waals surface area contributed by atoms with Gasteiger partial charge in [-0.3, -0.25) is 4.79 Å². The number of amides is 1. The fourth-order valence-electron chi connectivity index (χ4n) is 2.72. The van der Waals surface area contributed by atoms with E-state index in [2.05, 4.69) is 23.6 Å². The molecular weight excluding hydrogens is 260 g/mol. The van der Waals surface area contributed by atoms with Crippen LogP contribution in [0.1, 0.15) is 34.8 Å². The lowest BCUT2D eigenvalue weighted by Gasteiger charge is -2.20. The monoisotopic (exact) mass is 280 g/mol. The number of carbonyl (C=O) groups excluding carboxylic acids is 1. The standard InChI is InChI=1S/C18H20N2O/c1-2-13-8-10-15(11-9-13)20-18(21)16-7-3-5-14-6-4-12-19-17(14)16/h3,5,7-11,19H,2,4,6,12H2,1H3,(H,20,21). The molecule has 0 aliphatic carbocycles. The summed E-state index contributed by atoms with van der Waals surface area (Å²) in [5.74, 6) is -0.0505. The van der Waals surface area contributed by atoms with Crippen molar-refractivity contribution >= 4 is 17.3 Å². The van der Waals surface area contributed by atoms with E-state index in [1.165, 1.54) is 11.1 Å². The van der Waals surface area contributed by atoms with Crippen molar-refractivity contribution in [2.24, 2.45) is 0 Å². The molecule has 0 spiro atoms. The largest absolute Gasteiger partial charge is 0.384 e. The Bertz CT molecular complexity index is 647. The molecule has 2 aromatic rings. The Balaban J connectivity index is 1.82. The Morgan fingerprint density at radius 3 is 2.76 bits per heavy atom. The molecule has 2 N–H and O–H groups in total. The molecular formula is C18H20N2O. The average molecular weight is 280 g/mol. The molecule has 3 nitrogen and oxygen atoms in total. The van der Waals surface area contributed by atoms with Crippen molar-refractivity contribution in [3.63, 3.8) is 0 Å². The van der Waals surface area contributed by atoms with Gasteiger partial charge >= 0.3 is 0 Å². The maximum atomic E-state index is 12.5. The maximum absolute atomic E-state index is 12.5. The number of fused-ring (bicyclic) bond motifs is 1. The van der Waals surface area contributed by atoms with Crippen molar-refractivity contribution in [3.8, 4) is 0 Å². The van der Waals surface area contributed by atoms with E-state index in [9.17, 15) is 4.79 Å². The molecule has 1 heterocycles. The van der Waals surface area contributed by atoms with Crippen LogP contribution in [0.3, 0.4) is 0 Å². The second kappa shape index (κ2) is 6.00. The van der Waals surface area contributed by atoms with Crippen molar-refractivity contribution in [1.29, 1.82) is 0 Å². The zero-order chi connectivity index (χ0) is 14.7. The van der Waals surface area contributed by atoms with E-state index in [1.807, 2.05) is 36.4 Å².